The quantitative estimate of drug-likeness (QED) is 0.441. The van der Waals surface area contributed by atoms with Crippen LogP contribution in [0.5, 0.6) is 11.5 Å². The predicted molar refractivity (Wildman–Crippen MR) is 117 cm³/mol. The third-order valence-electron chi connectivity index (χ3n) is 6.32. The molecule has 0 aromatic heterocycles. The number of aryl methyl sites for hydroxylation is 1. The molecule has 1 heterocycles. The van der Waals surface area contributed by atoms with Crippen molar-refractivity contribution in [2.75, 3.05) is 14.2 Å². The van der Waals surface area contributed by atoms with Crippen molar-refractivity contribution in [1.29, 1.82) is 0 Å². The summed E-state index contributed by atoms with van der Waals surface area (Å²) >= 11 is 0. The number of carbonyl (C=O) groups is 2. The summed E-state index contributed by atoms with van der Waals surface area (Å²) < 4.78 is 10.8. The standard InChI is InChI=1S/C25H27NO5/c1-15-14-17(30-2)12-13-18(15)23(27)21-22(19-10-6-7-11-20(19)31-3)26(25(29)24(21)28)16-8-4-5-9-16/h6-7,10-14,16,22,27H,4-5,8-9H2,1-3H3/b23-21+. The number of benzene rings is 2. The molecule has 162 valence electrons. The Morgan fingerprint density at radius 3 is 2.39 bits per heavy atom. The highest BCUT2D eigenvalue weighted by atomic mass is 16.5. The van der Waals surface area contributed by atoms with Crippen molar-refractivity contribution in [3.8, 4) is 11.5 Å². The molecule has 1 aliphatic carbocycles. The first kappa shape index (κ1) is 21.0. The average molecular weight is 421 g/mol. The van der Waals surface area contributed by atoms with Gasteiger partial charge in [-0.15, -0.1) is 0 Å². The van der Waals surface area contributed by atoms with Crippen LogP contribution in [-0.2, 0) is 9.59 Å². The van der Waals surface area contributed by atoms with Crippen LogP contribution in [-0.4, -0.2) is 42.0 Å². The molecular formula is C25H27NO5. The molecule has 2 aromatic carbocycles. The van der Waals surface area contributed by atoms with Crippen molar-refractivity contribution in [1.82, 2.24) is 4.90 Å². The summed E-state index contributed by atoms with van der Waals surface area (Å²) in [5.74, 6) is -0.155. The van der Waals surface area contributed by atoms with Gasteiger partial charge in [0.05, 0.1) is 25.8 Å². The Hall–Kier alpha value is -3.28. The summed E-state index contributed by atoms with van der Waals surface area (Å²) in [6.45, 7) is 1.84. The van der Waals surface area contributed by atoms with Crippen LogP contribution in [0, 0.1) is 6.92 Å². The Morgan fingerprint density at radius 1 is 1.03 bits per heavy atom. The fraction of sp³-hybridized carbons (Fsp3) is 0.360. The highest BCUT2D eigenvalue weighted by Gasteiger charge is 2.50. The van der Waals surface area contributed by atoms with Gasteiger partial charge in [-0.1, -0.05) is 31.0 Å². The number of nitrogens with zero attached hydrogens (tertiary/aromatic N) is 1. The van der Waals surface area contributed by atoms with Gasteiger partial charge in [-0.05, 0) is 49.6 Å². The van der Waals surface area contributed by atoms with Crippen molar-refractivity contribution in [2.45, 2.75) is 44.7 Å². The number of carbonyl (C=O) groups excluding carboxylic acids is 2. The molecule has 31 heavy (non-hydrogen) atoms. The number of Topliss-reactive ketones (excluding diaryl/α,β-unsaturated/α-hetero) is 1. The molecule has 6 nitrogen and oxygen atoms in total. The van der Waals surface area contributed by atoms with Crippen LogP contribution in [0.3, 0.4) is 0 Å². The molecule has 2 aliphatic rings. The van der Waals surface area contributed by atoms with Crippen LogP contribution in [0.15, 0.2) is 48.0 Å². The highest BCUT2D eigenvalue weighted by molar-refractivity contribution is 6.46. The molecule has 1 saturated carbocycles. The van der Waals surface area contributed by atoms with Crippen molar-refractivity contribution in [3.05, 3.63) is 64.7 Å². The first-order chi connectivity index (χ1) is 15.0. The SMILES string of the molecule is COc1ccc(/C(O)=C2\C(=O)C(=O)N(C3CCCC3)C2c2ccccc2OC)c(C)c1. The van der Waals surface area contributed by atoms with Gasteiger partial charge >= 0.3 is 0 Å². The van der Waals surface area contributed by atoms with Crippen molar-refractivity contribution >= 4 is 17.4 Å². The van der Waals surface area contributed by atoms with Gasteiger partial charge in [0.15, 0.2) is 0 Å². The smallest absolute Gasteiger partial charge is 0.295 e. The lowest BCUT2D eigenvalue weighted by atomic mass is 9.93. The van der Waals surface area contributed by atoms with Gasteiger partial charge in [0, 0.05) is 17.2 Å². The number of aliphatic hydroxyl groups excluding tert-OH is 1. The van der Waals surface area contributed by atoms with E-state index in [2.05, 4.69) is 0 Å². The van der Waals surface area contributed by atoms with Crippen LogP contribution < -0.4 is 9.47 Å². The van der Waals surface area contributed by atoms with Gasteiger partial charge in [-0.3, -0.25) is 9.59 Å². The van der Waals surface area contributed by atoms with E-state index < -0.39 is 17.7 Å². The monoisotopic (exact) mass is 421 g/mol. The van der Waals surface area contributed by atoms with Crippen LogP contribution in [0.4, 0.5) is 0 Å². The first-order valence-corrected chi connectivity index (χ1v) is 10.6. The molecule has 1 atom stereocenters. The van der Waals surface area contributed by atoms with Crippen molar-refractivity contribution < 1.29 is 24.2 Å². The number of aliphatic hydroxyl groups is 1. The Morgan fingerprint density at radius 2 is 1.74 bits per heavy atom. The zero-order chi connectivity index (χ0) is 22.1. The number of ketones is 1. The van der Waals surface area contributed by atoms with E-state index in [1.807, 2.05) is 31.2 Å². The van der Waals surface area contributed by atoms with Gasteiger partial charge < -0.3 is 19.5 Å². The fourth-order valence-electron chi connectivity index (χ4n) is 4.78. The molecule has 1 aliphatic heterocycles. The summed E-state index contributed by atoms with van der Waals surface area (Å²) in [6, 6.07) is 11.9. The third kappa shape index (κ3) is 3.56. The van der Waals surface area contributed by atoms with E-state index >= 15 is 0 Å². The lowest BCUT2D eigenvalue weighted by Gasteiger charge is -2.31. The number of ether oxygens (including phenoxy) is 2. The van der Waals surface area contributed by atoms with E-state index in [0.717, 1.165) is 31.2 Å². The second-order valence-corrected chi connectivity index (χ2v) is 8.07. The van der Waals surface area contributed by atoms with Crippen LogP contribution in [0.1, 0.15) is 48.4 Å². The topological polar surface area (TPSA) is 76.1 Å². The van der Waals surface area contributed by atoms with E-state index in [1.54, 1.807) is 37.3 Å². The number of amides is 1. The van der Waals surface area contributed by atoms with Gasteiger partial charge in [0.2, 0.25) is 0 Å². The Balaban J connectivity index is 1.93. The molecule has 2 aromatic rings. The number of rotatable bonds is 5. The molecule has 1 N–H and O–H groups in total. The molecule has 0 radical (unpaired) electrons. The van der Waals surface area contributed by atoms with Crippen LogP contribution in [0.2, 0.25) is 0 Å². The molecular weight excluding hydrogens is 394 g/mol. The number of methoxy groups -OCH3 is 2. The van der Waals surface area contributed by atoms with Gasteiger partial charge in [-0.2, -0.15) is 0 Å². The average Bonchev–Trinajstić information content (AvgIpc) is 3.40. The van der Waals surface area contributed by atoms with E-state index in [4.69, 9.17) is 9.47 Å². The normalized spacial score (nSPS) is 21.0. The minimum Gasteiger partial charge on any atom is -0.507 e. The maximum absolute atomic E-state index is 13.2. The molecule has 4 rings (SSSR count). The summed E-state index contributed by atoms with van der Waals surface area (Å²) in [5, 5.41) is 11.3. The lowest BCUT2D eigenvalue weighted by Crippen LogP contribution is -2.37. The zero-order valence-electron chi connectivity index (χ0n) is 18.1. The van der Waals surface area contributed by atoms with Crippen LogP contribution in [0.25, 0.3) is 5.76 Å². The van der Waals surface area contributed by atoms with E-state index in [1.165, 1.54) is 0 Å². The molecule has 1 unspecified atom stereocenters. The minimum absolute atomic E-state index is 0.0337. The highest BCUT2D eigenvalue weighted by Crippen LogP contribution is 2.46. The van der Waals surface area contributed by atoms with Crippen molar-refractivity contribution in [2.24, 2.45) is 0 Å². The minimum atomic E-state index is -0.694. The van der Waals surface area contributed by atoms with E-state index in [-0.39, 0.29) is 17.4 Å². The molecule has 0 spiro atoms. The number of hydrogen-bond donors (Lipinski definition) is 1. The van der Waals surface area contributed by atoms with Gasteiger partial charge in [-0.25, -0.2) is 0 Å². The van der Waals surface area contributed by atoms with Gasteiger partial charge in [0.1, 0.15) is 17.3 Å². The fourth-order valence-corrected chi connectivity index (χ4v) is 4.78. The second kappa shape index (κ2) is 8.46. The predicted octanol–water partition coefficient (Wildman–Crippen LogP) is 4.38. The third-order valence-corrected chi connectivity index (χ3v) is 6.32. The van der Waals surface area contributed by atoms with E-state index in [0.29, 0.717) is 22.6 Å². The van der Waals surface area contributed by atoms with Crippen molar-refractivity contribution in [3.63, 3.8) is 0 Å². The maximum atomic E-state index is 13.2. The zero-order valence-corrected chi connectivity index (χ0v) is 18.1. The Bertz CT molecular complexity index is 1050. The number of likely N-dealkylation sites (tertiary alicyclic amines) is 1. The summed E-state index contributed by atoms with van der Waals surface area (Å²) in [4.78, 5) is 28.1. The number of para-hydroxylation sites is 1. The molecule has 0 bridgehead atoms. The second-order valence-electron chi connectivity index (χ2n) is 8.07. The molecule has 2 fully saturated rings. The maximum Gasteiger partial charge on any atom is 0.295 e. The Kier molecular flexibility index (Phi) is 5.72. The largest absolute Gasteiger partial charge is 0.507 e. The Labute approximate surface area is 182 Å². The molecule has 1 amide bonds. The number of hydrogen-bond acceptors (Lipinski definition) is 5. The van der Waals surface area contributed by atoms with Crippen LogP contribution >= 0.6 is 0 Å². The molecule has 6 heteroatoms. The summed E-state index contributed by atoms with van der Waals surface area (Å²) in [6.07, 6.45) is 3.73. The van der Waals surface area contributed by atoms with Gasteiger partial charge in [0.25, 0.3) is 11.7 Å². The first-order valence-electron chi connectivity index (χ1n) is 10.6. The van der Waals surface area contributed by atoms with E-state index in [9.17, 15) is 14.7 Å². The lowest BCUT2D eigenvalue weighted by molar-refractivity contribution is -0.141. The summed E-state index contributed by atoms with van der Waals surface area (Å²) in [7, 11) is 3.14. The molecule has 1 saturated heterocycles. The summed E-state index contributed by atoms with van der Waals surface area (Å²) in [5.41, 5.74) is 2.06.